The molecular formula is C17H18BrF. The van der Waals surface area contributed by atoms with Crippen molar-refractivity contribution in [2.45, 2.75) is 31.0 Å². The molecule has 0 amide bonds. The van der Waals surface area contributed by atoms with Gasteiger partial charge in [0.1, 0.15) is 5.82 Å². The standard InChI is InChI=1S/C17H18BrF/c1-12-11-13(9-10-15(12)19)16(18)17(2,3)14-7-5-4-6-8-14/h4-11,16H,1-3H3. The summed E-state index contributed by atoms with van der Waals surface area (Å²) in [6.45, 7) is 6.19. The minimum absolute atomic E-state index is 0.0640. The first-order chi connectivity index (χ1) is 8.93. The highest BCUT2D eigenvalue weighted by Crippen LogP contribution is 2.43. The molecule has 0 saturated carbocycles. The molecule has 2 aromatic rings. The molecule has 2 rings (SSSR count). The van der Waals surface area contributed by atoms with E-state index >= 15 is 0 Å². The maximum absolute atomic E-state index is 13.4. The Kier molecular flexibility index (Phi) is 4.10. The van der Waals surface area contributed by atoms with E-state index in [1.165, 1.54) is 5.56 Å². The van der Waals surface area contributed by atoms with Gasteiger partial charge in [-0.1, -0.05) is 72.2 Å². The summed E-state index contributed by atoms with van der Waals surface area (Å²) in [4.78, 5) is 0.140. The molecule has 0 bridgehead atoms. The summed E-state index contributed by atoms with van der Waals surface area (Å²) in [6, 6.07) is 15.7. The lowest BCUT2D eigenvalue weighted by atomic mass is 9.79. The Hall–Kier alpha value is -1.15. The van der Waals surface area contributed by atoms with Gasteiger partial charge in [-0.05, 0) is 29.7 Å². The second-order valence-electron chi connectivity index (χ2n) is 5.46. The number of rotatable bonds is 3. The van der Waals surface area contributed by atoms with Gasteiger partial charge in [-0.3, -0.25) is 0 Å². The minimum atomic E-state index is -0.152. The van der Waals surface area contributed by atoms with E-state index in [-0.39, 0.29) is 16.1 Å². The zero-order chi connectivity index (χ0) is 14.0. The van der Waals surface area contributed by atoms with Gasteiger partial charge in [-0.2, -0.15) is 0 Å². The van der Waals surface area contributed by atoms with Gasteiger partial charge in [0.25, 0.3) is 0 Å². The fourth-order valence-corrected chi connectivity index (χ4v) is 2.81. The first-order valence-electron chi connectivity index (χ1n) is 6.38. The van der Waals surface area contributed by atoms with Crippen LogP contribution in [0.5, 0.6) is 0 Å². The minimum Gasteiger partial charge on any atom is -0.207 e. The third kappa shape index (κ3) is 2.89. The van der Waals surface area contributed by atoms with Gasteiger partial charge in [0.2, 0.25) is 0 Å². The summed E-state index contributed by atoms with van der Waals surface area (Å²) in [6.07, 6.45) is 0. The van der Waals surface area contributed by atoms with Crippen molar-refractivity contribution in [3.8, 4) is 0 Å². The van der Waals surface area contributed by atoms with Crippen molar-refractivity contribution in [3.05, 3.63) is 71.0 Å². The van der Waals surface area contributed by atoms with Crippen LogP contribution < -0.4 is 0 Å². The maximum Gasteiger partial charge on any atom is 0.126 e. The van der Waals surface area contributed by atoms with Crippen molar-refractivity contribution >= 4 is 15.9 Å². The number of hydrogen-bond donors (Lipinski definition) is 0. The monoisotopic (exact) mass is 320 g/mol. The molecule has 19 heavy (non-hydrogen) atoms. The third-order valence-electron chi connectivity index (χ3n) is 3.63. The Morgan fingerprint density at radius 1 is 1.05 bits per heavy atom. The van der Waals surface area contributed by atoms with E-state index < -0.39 is 0 Å². The molecule has 0 fully saturated rings. The van der Waals surface area contributed by atoms with E-state index in [4.69, 9.17) is 0 Å². The Labute approximate surface area is 122 Å². The van der Waals surface area contributed by atoms with E-state index in [0.717, 1.165) is 5.56 Å². The molecule has 2 aromatic carbocycles. The number of hydrogen-bond acceptors (Lipinski definition) is 0. The van der Waals surface area contributed by atoms with Gasteiger partial charge >= 0.3 is 0 Å². The molecule has 0 aliphatic heterocycles. The molecule has 0 aliphatic carbocycles. The van der Waals surface area contributed by atoms with Crippen LogP contribution in [0, 0.1) is 12.7 Å². The highest BCUT2D eigenvalue weighted by molar-refractivity contribution is 9.09. The molecule has 0 nitrogen and oxygen atoms in total. The van der Waals surface area contributed by atoms with Crippen LogP contribution in [0.3, 0.4) is 0 Å². The van der Waals surface area contributed by atoms with Crippen LogP contribution >= 0.6 is 15.9 Å². The van der Waals surface area contributed by atoms with E-state index in [9.17, 15) is 4.39 Å². The fraction of sp³-hybridized carbons (Fsp3) is 0.294. The average molecular weight is 321 g/mol. The Morgan fingerprint density at radius 3 is 2.26 bits per heavy atom. The predicted octanol–water partition coefficient (Wildman–Crippen LogP) is 5.55. The van der Waals surface area contributed by atoms with Crippen molar-refractivity contribution in [3.63, 3.8) is 0 Å². The highest BCUT2D eigenvalue weighted by Gasteiger charge is 2.30. The summed E-state index contributed by atoms with van der Waals surface area (Å²) in [5, 5.41) is 0. The molecule has 2 heteroatoms. The van der Waals surface area contributed by atoms with E-state index in [2.05, 4.69) is 41.9 Å². The molecule has 0 heterocycles. The van der Waals surface area contributed by atoms with Crippen LogP contribution in [0.25, 0.3) is 0 Å². The zero-order valence-corrected chi connectivity index (χ0v) is 13.0. The van der Waals surface area contributed by atoms with Crippen molar-refractivity contribution < 1.29 is 4.39 Å². The topological polar surface area (TPSA) is 0 Å². The Bertz CT molecular complexity index is 561. The van der Waals surface area contributed by atoms with E-state index in [1.807, 2.05) is 30.3 Å². The van der Waals surface area contributed by atoms with Crippen LogP contribution in [-0.4, -0.2) is 0 Å². The summed E-state index contributed by atoms with van der Waals surface area (Å²) < 4.78 is 13.4. The van der Waals surface area contributed by atoms with E-state index in [1.54, 1.807) is 13.0 Å². The van der Waals surface area contributed by atoms with Crippen LogP contribution in [0.15, 0.2) is 48.5 Å². The second-order valence-corrected chi connectivity index (χ2v) is 6.37. The second kappa shape index (κ2) is 5.46. The molecule has 0 aromatic heterocycles. The molecular weight excluding hydrogens is 303 g/mol. The number of halogens is 2. The SMILES string of the molecule is Cc1cc(C(Br)C(C)(C)c2ccccc2)ccc1F. The quantitative estimate of drug-likeness (QED) is 0.650. The first kappa shape index (κ1) is 14.3. The van der Waals surface area contributed by atoms with Gasteiger partial charge in [-0.15, -0.1) is 0 Å². The van der Waals surface area contributed by atoms with Crippen LogP contribution in [-0.2, 0) is 5.41 Å². The molecule has 0 radical (unpaired) electrons. The maximum atomic E-state index is 13.4. The average Bonchev–Trinajstić information content (AvgIpc) is 2.42. The van der Waals surface area contributed by atoms with Crippen molar-refractivity contribution in [2.75, 3.05) is 0 Å². The van der Waals surface area contributed by atoms with Gasteiger partial charge in [0.15, 0.2) is 0 Å². The van der Waals surface area contributed by atoms with E-state index in [0.29, 0.717) is 5.56 Å². The first-order valence-corrected chi connectivity index (χ1v) is 7.30. The summed E-state index contributed by atoms with van der Waals surface area (Å²) in [5.74, 6) is -0.152. The number of alkyl halides is 1. The van der Waals surface area contributed by atoms with Crippen LogP contribution in [0.2, 0.25) is 0 Å². The predicted molar refractivity (Wildman–Crippen MR) is 82.3 cm³/mol. The Morgan fingerprint density at radius 2 is 1.68 bits per heavy atom. The molecule has 0 N–H and O–H groups in total. The summed E-state index contributed by atoms with van der Waals surface area (Å²) >= 11 is 3.78. The lowest BCUT2D eigenvalue weighted by Gasteiger charge is -2.31. The lowest BCUT2D eigenvalue weighted by Crippen LogP contribution is -2.23. The van der Waals surface area contributed by atoms with Crippen LogP contribution in [0.1, 0.15) is 35.4 Å². The third-order valence-corrected chi connectivity index (χ3v) is 5.30. The normalized spacial score (nSPS) is 13.3. The molecule has 1 atom stereocenters. The summed E-state index contributed by atoms with van der Waals surface area (Å²) in [5.41, 5.74) is 2.99. The Balaban J connectivity index is 2.37. The van der Waals surface area contributed by atoms with Crippen molar-refractivity contribution in [1.29, 1.82) is 0 Å². The van der Waals surface area contributed by atoms with Gasteiger partial charge in [-0.25, -0.2) is 4.39 Å². The molecule has 0 saturated heterocycles. The fourth-order valence-electron chi connectivity index (χ4n) is 2.26. The molecule has 1 unspecified atom stereocenters. The van der Waals surface area contributed by atoms with Crippen molar-refractivity contribution in [2.24, 2.45) is 0 Å². The van der Waals surface area contributed by atoms with Crippen LogP contribution in [0.4, 0.5) is 4.39 Å². The smallest absolute Gasteiger partial charge is 0.126 e. The number of aryl methyl sites for hydroxylation is 1. The largest absolute Gasteiger partial charge is 0.207 e. The van der Waals surface area contributed by atoms with Gasteiger partial charge in [0.05, 0.1) is 0 Å². The van der Waals surface area contributed by atoms with Gasteiger partial charge < -0.3 is 0 Å². The molecule has 100 valence electrons. The highest BCUT2D eigenvalue weighted by atomic mass is 79.9. The number of benzene rings is 2. The van der Waals surface area contributed by atoms with Gasteiger partial charge in [0, 0.05) is 10.2 Å². The summed E-state index contributed by atoms with van der Waals surface area (Å²) in [7, 11) is 0. The van der Waals surface area contributed by atoms with Crippen molar-refractivity contribution in [1.82, 2.24) is 0 Å². The zero-order valence-electron chi connectivity index (χ0n) is 11.5. The lowest BCUT2D eigenvalue weighted by molar-refractivity contribution is 0.516. The molecule has 0 spiro atoms. The molecule has 0 aliphatic rings.